The number of carbonyl (C=O) groups excluding carboxylic acids is 1. The predicted molar refractivity (Wildman–Crippen MR) is 124 cm³/mol. The Morgan fingerprint density at radius 3 is 2.19 bits per heavy atom. The average molecular weight is 482 g/mol. The number of piperidine rings is 1. The zero-order valence-corrected chi connectivity index (χ0v) is 19.8. The van der Waals surface area contributed by atoms with Gasteiger partial charge in [-0.2, -0.15) is 4.31 Å². The summed E-state index contributed by atoms with van der Waals surface area (Å²) in [5, 5.41) is 1.23. The van der Waals surface area contributed by atoms with Gasteiger partial charge >= 0.3 is 0 Å². The van der Waals surface area contributed by atoms with Crippen molar-refractivity contribution in [1.29, 1.82) is 0 Å². The lowest BCUT2D eigenvalue weighted by Gasteiger charge is -2.39. The van der Waals surface area contributed by atoms with Crippen molar-refractivity contribution >= 4 is 31.8 Å². The molecule has 0 N–H and O–H groups in total. The maximum atomic E-state index is 13.0. The van der Waals surface area contributed by atoms with Crippen molar-refractivity contribution in [3.63, 3.8) is 0 Å². The summed E-state index contributed by atoms with van der Waals surface area (Å²) in [4.78, 5) is 17.0. The Hall–Kier alpha value is -1.75. The number of nitrogens with zero attached hydrogens (tertiary/aromatic N) is 3. The fourth-order valence-corrected chi connectivity index (χ4v) is 7.75. The first-order valence-electron chi connectivity index (χ1n) is 11.2. The molecule has 32 heavy (non-hydrogen) atoms. The molecule has 0 bridgehead atoms. The Balaban J connectivity index is 1.25. The van der Waals surface area contributed by atoms with E-state index in [4.69, 9.17) is 0 Å². The molecule has 1 atom stereocenters. The SMILES string of the molecule is O=C(C1CCN(C2CCS(=O)(=O)C2)CC1)N1CCN(S(=O)(=O)/C=C/c2ccccc2)CC1. The summed E-state index contributed by atoms with van der Waals surface area (Å²) >= 11 is 0. The molecule has 10 heteroatoms. The van der Waals surface area contributed by atoms with Gasteiger partial charge in [0.1, 0.15) is 0 Å². The third-order valence-electron chi connectivity index (χ3n) is 6.75. The van der Waals surface area contributed by atoms with Crippen LogP contribution < -0.4 is 0 Å². The number of likely N-dealkylation sites (tertiary alicyclic amines) is 1. The van der Waals surface area contributed by atoms with Gasteiger partial charge in [-0.15, -0.1) is 0 Å². The van der Waals surface area contributed by atoms with E-state index in [0.29, 0.717) is 32.6 Å². The maximum Gasteiger partial charge on any atom is 0.236 e. The van der Waals surface area contributed by atoms with Gasteiger partial charge in [0.05, 0.1) is 11.5 Å². The largest absolute Gasteiger partial charge is 0.340 e. The Morgan fingerprint density at radius 1 is 0.938 bits per heavy atom. The number of hydrogen-bond donors (Lipinski definition) is 0. The van der Waals surface area contributed by atoms with E-state index in [1.54, 1.807) is 11.0 Å². The van der Waals surface area contributed by atoms with Crippen molar-refractivity contribution in [2.45, 2.75) is 25.3 Å². The summed E-state index contributed by atoms with van der Waals surface area (Å²) in [6, 6.07) is 9.38. The van der Waals surface area contributed by atoms with Crippen LogP contribution >= 0.6 is 0 Å². The first-order chi connectivity index (χ1) is 15.2. The summed E-state index contributed by atoms with van der Waals surface area (Å²) in [7, 11) is -6.43. The van der Waals surface area contributed by atoms with E-state index < -0.39 is 19.9 Å². The molecule has 0 radical (unpaired) electrons. The third-order valence-corrected chi connectivity index (χ3v) is 10.1. The highest BCUT2D eigenvalue weighted by Crippen LogP contribution is 2.26. The van der Waals surface area contributed by atoms with Crippen LogP contribution in [-0.2, 0) is 24.7 Å². The average Bonchev–Trinajstić information content (AvgIpc) is 3.18. The quantitative estimate of drug-likeness (QED) is 0.624. The van der Waals surface area contributed by atoms with Crippen LogP contribution in [0.3, 0.4) is 0 Å². The number of hydrogen-bond acceptors (Lipinski definition) is 6. The van der Waals surface area contributed by atoms with Gasteiger partial charge in [-0.25, -0.2) is 16.8 Å². The Bertz CT molecular complexity index is 1040. The van der Waals surface area contributed by atoms with E-state index >= 15 is 0 Å². The first kappa shape index (κ1) is 23.4. The number of carbonyl (C=O) groups is 1. The van der Waals surface area contributed by atoms with Gasteiger partial charge in [0.25, 0.3) is 0 Å². The molecule has 176 valence electrons. The second-order valence-corrected chi connectivity index (χ2v) is 12.9. The zero-order chi connectivity index (χ0) is 22.8. The van der Waals surface area contributed by atoms with Crippen LogP contribution in [0.4, 0.5) is 0 Å². The monoisotopic (exact) mass is 481 g/mol. The Labute approximate surface area is 190 Å². The van der Waals surface area contributed by atoms with Crippen LogP contribution in [0.15, 0.2) is 35.7 Å². The molecule has 3 fully saturated rings. The molecule has 1 aromatic carbocycles. The summed E-state index contributed by atoms with van der Waals surface area (Å²) in [5.74, 6) is 0.538. The Kier molecular flexibility index (Phi) is 7.04. The van der Waals surface area contributed by atoms with E-state index in [0.717, 1.165) is 31.5 Å². The summed E-state index contributed by atoms with van der Waals surface area (Å²) < 4.78 is 50.2. The molecule has 3 heterocycles. The van der Waals surface area contributed by atoms with E-state index in [-0.39, 0.29) is 29.4 Å². The van der Waals surface area contributed by atoms with Crippen LogP contribution in [0.5, 0.6) is 0 Å². The van der Waals surface area contributed by atoms with Gasteiger partial charge in [-0.3, -0.25) is 9.69 Å². The molecule has 1 aromatic rings. The van der Waals surface area contributed by atoms with E-state index in [1.807, 2.05) is 30.3 Å². The number of amides is 1. The molecule has 0 saturated carbocycles. The molecule has 4 rings (SSSR count). The number of benzene rings is 1. The molecular formula is C22H31N3O5S2. The van der Waals surface area contributed by atoms with Crippen molar-refractivity contribution in [2.75, 3.05) is 50.8 Å². The maximum absolute atomic E-state index is 13.0. The van der Waals surface area contributed by atoms with Crippen molar-refractivity contribution in [2.24, 2.45) is 5.92 Å². The molecule has 1 amide bonds. The topological polar surface area (TPSA) is 95.1 Å². The van der Waals surface area contributed by atoms with E-state index in [9.17, 15) is 21.6 Å². The van der Waals surface area contributed by atoms with Crippen LogP contribution in [-0.4, -0.2) is 93.7 Å². The summed E-state index contributed by atoms with van der Waals surface area (Å²) in [6.07, 6.45) is 3.74. The van der Waals surface area contributed by atoms with Gasteiger partial charge in [-0.05, 0) is 44.0 Å². The van der Waals surface area contributed by atoms with Gasteiger partial charge in [-0.1, -0.05) is 30.3 Å². The fraction of sp³-hybridized carbons (Fsp3) is 0.591. The standard InChI is InChI=1S/C22H31N3O5S2/c26-22(20-6-10-23(11-7-20)21-9-16-31(27,28)18-21)24-12-14-25(15-13-24)32(29,30)17-8-19-4-2-1-3-5-19/h1-5,8,17,20-21H,6-7,9-16,18H2/b17-8+. The lowest BCUT2D eigenvalue weighted by atomic mass is 9.94. The highest BCUT2D eigenvalue weighted by Gasteiger charge is 2.37. The third kappa shape index (κ3) is 5.59. The summed E-state index contributed by atoms with van der Waals surface area (Å²) in [6.45, 7) is 2.89. The minimum atomic E-state index is -3.52. The molecule has 0 aromatic heterocycles. The van der Waals surface area contributed by atoms with Gasteiger partial charge in [0, 0.05) is 43.5 Å². The highest BCUT2D eigenvalue weighted by atomic mass is 32.2. The van der Waals surface area contributed by atoms with Crippen molar-refractivity contribution in [3.05, 3.63) is 41.3 Å². The lowest BCUT2D eigenvalue weighted by Crippen LogP contribution is -2.53. The normalized spacial score (nSPS) is 26.0. The fourth-order valence-electron chi connectivity index (χ4n) is 4.81. The van der Waals surface area contributed by atoms with Gasteiger partial charge in [0.15, 0.2) is 9.84 Å². The predicted octanol–water partition coefficient (Wildman–Crippen LogP) is 1.03. The smallest absolute Gasteiger partial charge is 0.236 e. The van der Waals surface area contributed by atoms with Crippen LogP contribution in [0.2, 0.25) is 0 Å². The molecule has 3 aliphatic heterocycles. The van der Waals surface area contributed by atoms with E-state index in [2.05, 4.69) is 4.90 Å². The molecule has 1 unspecified atom stereocenters. The van der Waals surface area contributed by atoms with Gasteiger partial charge < -0.3 is 4.90 Å². The van der Waals surface area contributed by atoms with E-state index in [1.165, 1.54) is 9.71 Å². The molecule has 3 aliphatic rings. The minimum absolute atomic E-state index is 0.0645. The Morgan fingerprint density at radius 2 is 1.59 bits per heavy atom. The highest BCUT2D eigenvalue weighted by molar-refractivity contribution is 7.92. The number of sulfone groups is 1. The second kappa shape index (κ2) is 9.62. The zero-order valence-electron chi connectivity index (χ0n) is 18.2. The molecule has 0 spiro atoms. The van der Waals surface area contributed by atoms with Gasteiger partial charge in [0.2, 0.25) is 15.9 Å². The minimum Gasteiger partial charge on any atom is -0.340 e. The first-order valence-corrected chi connectivity index (χ1v) is 14.5. The number of rotatable bonds is 5. The lowest BCUT2D eigenvalue weighted by molar-refractivity contribution is -0.138. The van der Waals surface area contributed by atoms with Crippen molar-refractivity contribution < 1.29 is 21.6 Å². The molecule has 3 saturated heterocycles. The van der Waals surface area contributed by atoms with Crippen molar-refractivity contribution in [3.8, 4) is 0 Å². The number of piperazine rings is 1. The molecule has 0 aliphatic carbocycles. The van der Waals surface area contributed by atoms with Crippen LogP contribution in [0.25, 0.3) is 6.08 Å². The summed E-state index contributed by atoms with van der Waals surface area (Å²) in [5.41, 5.74) is 0.825. The molecule has 8 nitrogen and oxygen atoms in total. The molecular weight excluding hydrogens is 450 g/mol. The van der Waals surface area contributed by atoms with Crippen LogP contribution in [0, 0.1) is 5.92 Å². The number of sulfonamides is 1. The second-order valence-electron chi connectivity index (χ2n) is 8.85. The van der Waals surface area contributed by atoms with Crippen LogP contribution in [0.1, 0.15) is 24.8 Å². The van der Waals surface area contributed by atoms with Crippen molar-refractivity contribution in [1.82, 2.24) is 14.1 Å².